The number of hydrogen-bond acceptors (Lipinski definition) is 5. The number of amides is 3. The Labute approximate surface area is 191 Å². The lowest BCUT2D eigenvalue weighted by Gasteiger charge is -2.41. The summed E-state index contributed by atoms with van der Waals surface area (Å²) in [6.07, 6.45) is 14.7. The summed E-state index contributed by atoms with van der Waals surface area (Å²) in [5.74, 6) is -1.27. The maximum atomic E-state index is 13.1. The van der Waals surface area contributed by atoms with Crippen molar-refractivity contribution in [1.29, 1.82) is 0 Å². The van der Waals surface area contributed by atoms with Crippen molar-refractivity contribution in [3.63, 3.8) is 0 Å². The van der Waals surface area contributed by atoms with E-state index in [0.29, 0.717) is 0 Å². The van der Waals surface area contributed by atoms with Crippen LogP contribution in [0.4, 0.5) is 0 Å². The van der Waals surface area contributed by atoms with Crippen molar-refractivity contribution in [1.82, 2.24) is 9.80 Å². The van der Waals surface area contributed by atoms with Crippen LogP contribution in [0.5, 0.6) is 0 Å². The van der Waals surface area contributed by atoms with Crippen LogP contribution in [0.25, 0.3) is 0 Å². The van der Waals surface area contributed by atoms with Gasteiger partial charge in [-0.1, -0.05) is 51.4 Å². The zero-order valence-corrected chi connectivity index (χ0v) is 19.3. The van der Waals surface area contributed by atoms with Crippen LogP contribution in [-0.2, 0) is 23.9 Å². The van der Waals surface area contributed by atoms with E-state index in [9.17, 15) is 19.2 Å². The lowest BCUT2D eigenvalue weighted by molar-refractivity contribution is -0.156. The Morgan fingerprint density at radius 1 is 0.750 bits per heavy atom. The molecular weight excluding hydrogens is 408 g/mol. The van der Waals surface area contributed by atoms with Crippen LogP contribution < -0.4 is 0 Å². The van der Waals surface area contributed by atoms with Crippen LogP contribution >= 0.6 is 0 Å². The molecule has 0 radical (unpaired) electrons. The molecule has 1 aliphatic heterocycles. The summed E-state index contributed by atoms with van der Waals surface area (Å²) < 4.78 is 5.34. The summed E-state index contributed by atoms with van der Waals surface area (Å²) in [6, 6.07) is 0.530. The van der Waals surface area contributed by atoms with Crippen LogP contribution in [0, 0.1) is 11.8 Å². The molecule has 178 valence electrons. The number of carbonyl (C=O) groups excluding carboxylic acids is 4. The quantitative estimate of drug-likeness (QED) is 0.441. The molecule has 0 spiro atoms. The number of hydrogen-bond donors (Lipinski definition) is 0. The maximum Gasteiger partial charge on any atom is 0.308 e. The molecule has 0 aromatic carbocycles. The molecule has 0 unspecified atom stereocenters. The largest absolute Gasteiger partial charge is 0.456 e. The fourth-order valence-corrected chi connectivity index (χ4v) is 6.37. The van der Waals surface area contributed by atoms with Gasteiger partial charge < -0.3 is 9.64 Å². The van der Waals surface area contributed by atoms with Crippen molar-refractivity contribution in [2.24, 2.45) is 11.8 Å². The Balaban J connectivity index is 1.27. The van der Waals surface area contributed by atoms with Gasteiger partial charge in [0, 0.05) is 18.6 Å². The molecule has 4 rings (SSSR count). The van der Waals surface area contributed by atoms with Gasteiger partial charge in [-0.15, -0.1) is 0 Å². The minimum atomic E-state index is -0.513. The van der Waals surface area contributed by atoms with E-state index < -0.39 is 5.97 Å². The van der Waals surface area contributed by atoms with Gasteiger partial charge in [-0.25, -0.2) is 0 Å². The molecule has 0 aromatic heterocycles. The van der Waals surface area contributed by atoms with E-state index in [1.165, 1.54) is 17.7 Å². The lowest BCUT2D eigenvalue weighted by Crippen LogP contribution is -2.50. The van der Waals surface area contributed by atoms with Gasteiger partial charge in [0.15, 0.2) is 6.61 Å². The minimum Gasteiger partial charge on any atom is -0.456 e. The average Bonchev–Trinajstić information content (AvgIpc) is 3.07. The Morgan fingerprint density at radius 3 is 1.72 bits per heavy atom. The van der Waals surface area contributed by atoms with Crippen LogP contribution in [0.2, 0.25) is 0 Å². The van der Waals surface area contributed by atoms with Crippen LogP contribution in [0.1, 0.15) is 96.3 Å². The highest BCUT2D eigenvalue weighted by Gasteiger charge is 2.47. The number of rotatable bonds is 7. The zero-order chi connectivity index (χ0) is 22.5. The number of fused-ring (bicyclic) bond motifs is 1. The highest BCUT2D eigenvalue weighted by molar-refractivity contribution is 6.05. The van der Waals surface area contributed by atoms with Gasteiger partial charge in [0.25, 0.3) is 5.91 Å². The van der Waals surface area contributed by atoms with E-state index in [-0.39, 0.29) is 61.2 Å². The zero-order valence-electron chi connectivity index (χ0n) is 19.3. The third kappa shape index (κ3) is 5.18. The molecule has 0 aromatic rings. The van der Waals surface area contributed by atoms with Crippen molar-refractivity contribution >= 4 is 23.7 Å². The third-order valence-electron chi connectivity index (χ3n) is 8.05. The highest BCUT2D eigenvalue weighted by Crippen LogP contribution is 2.38. The molecule has 3 amide bonds. The Hall–Kier alpha value is -1.92. The van der Waals surface area contributed by atoms with Gasteiger partial charge in [-0.2, -0.15) is 0 Å². The predicted molar refractivity (Wildman–Crippen MR) is 118 cm³/mol. The van der Waals surface area contributed by atoms with Gasteiger partial charge in [0.05, 0.1) is 18.3 Å². The average molecular weight is 447 g/mol. The smallest absolute Gasteiger partial charge is 0.308 e. The lowest BCUT2D eigenvalue weighted by atomic mass is 9.81. The monoisotopic (exact) mass is 446 g/mol. The van der Waals surface area contributed by atoms with Gasteiger partial charge in [-0.3, -0.25) is 24.1 Å². The van der Waals surface area contributed by atoms with Crippen molar-refractivity contribution in [2.45, 2.75) is 108 Å². The van der Waals surface area contributed by atoms with Crippen LogP contribution in [-0.4, -0.2) is 58.7 Å². The van der Waals surface area contributed by atoms with E-state index in [0.717, 1.165) is 77.0 Å². The van der Waals surface area contributed by atoms with E-state index >= 15 is 0 Å². The second kappa shape index (κ2) is 10.8. The second-order valence-electron chi connectivity index (χ2n) is 10.1. The number of imide groups is 1. The molecule has 7 nitrogen and oxygen atoms in total. The number of nitrogens with zero attached hydrogens (tertiary/aromatic N) is 2. The molecule has 3 saturated carbocycles. The molecule has 1 heterocycles. The van der Waals surface area contributed by atoms with E-state index in [1.54, 1.807) is 0 Å². The van der Waals surface area contributed by atoms with E-state index in [2.05, 4.69) is 0 Å². The molecule has 1 saturated heterocycles. The molecule has 0 bridgehead atoms. The molecule has 4 fully saturated rings. The summed E-state index contributed by atoms with van der Waals surface area (Å²) >= 11 is 0. The van der Waals surface area contributed by atoms with Gasteiger partial charge in [0.1, 0.15) is 0 Å². The topological polar surface area (TPSA) is 84.0 Å². The fraction of sp³-hybridized carbons (Fsp3) is 0.840. The van der Waals surface area contributed by atoms with Gasteiger partial charge in [0.2, 0.25) is 11.8 Å². The molecule has 7 heteroatoms. The maximum absolute atomic E-state index is 13.1. The van der Waals surface area contributed by atoms with Gasteiger partial charge >= 0.3 is 5.97 Å². The van der Waals surface area contributed by atoms with Crippen molar-refractivity contribution in [3.05, 3.63) is 0 Å². The fourth-order valence-electron chi connectivity index (χ4n) is 6.37. The normalized spacial score (nSPS) is 27.3. The number of esters is 1. The standard InChI is InChI=1S/C25H38N2O5/c28-22(27(18-9-3-1-4-10-18)19-11-5-2-6-12-19)17-32-23(29)15-16-26-24(30)20-13-7-8-14-21(20)25(26)31/h18-21H,1-17H2/t20-,21-/m0/s1. The molecule has 2 atom stereocenters. The molecule has 0 N–H and O–H groups in total. The molecular formula is C25H38N2O5. The Bertz CT molecular complexity index is 669. The number of carbonyl (C=O) groups is 4. The first kappa shape index (κ1) is 23.2. The first-order valence-corrected chi connectivity index (χ1v) is 12.9. The third-order valence-corrected chi connectivity index (χ3v) is 8.05. The first-order valence-electron chi connectivity index (χ1n) is 12.9. The predicted octanol–water partition coefficient (Wildman–Crippen LogP) is 3.59. The Morgan fingerprint density at radius 2 is 1.22 bits per heavy atom. The SMILES string of the molecule is O=C(CCN1C(=O)[C@H]2CCCC[C@@H]2C1=O)OCC(=O)N(C1CCCCC1)C1CCCCC1. The van der Waals surface area contributed by atoms with E-state index in [1.807, 2.05) is 4.90 Å². The molecule has 3 aliphatic carbocycles. The van der Waals surface area contributed by atoms with Crippen molar-refractivity contribution < 1.29 is 23.9 Å². The number of ether oxygens (including phenoxy) is 1. The molecule has 32 heavy (non-hydrogen) atoms. The molecule has 4 aliphatic rings. The van der Waals surface area contributed by atoms with E-state index in [4.69, 9.17) is 4.74 Å². The minimum absolute atomic E-state index is 0.0446. The van der Waals surface area contributed by atoms with Crippen LogP contribution in [0.3, 0.4) is 0 Å². The first-order chi connectivity index (χ1) is 15.6. The van der Waals surface area contributed by atoms with Crippen molar-refractivity contribution in [3.8, 4) is 0 Å². The van der Waals surface area contributed by atoms with Crippen molar-refractivity contribution in [2.75, 3.05) is 13.2 Å². The Kier molecular flexibility index (Phi) is 7.84. The summed E-state index contributed by atoms with van der Waals surface area (Å²) in [4.78, 5) is 53.9. The van der Waals surface area contributed by atoms with Gasteiger partial charge in [-0.05, 0) is 38.5 Å². The summed E-state index contributed by atoms with van der Waals surface area (Å²) in [5, 5.41) is 0. The number of likely N-dealkylation sites (tertiary alicyclic amines) is 1. The highest BCUT2D eigenvalue weighted by atomic mass is 16.5. The summed E-state index contributed by atoms with van der Waals surface area (Å²) in [7, 11) is 0. The van der Waals surface area contributed by atoms with Crippen LogP contribution in [0.15, 0.2) is 0 Å². The summed E-state index contributed by atoms with van der Waals surface area (Å²) in [6.45, 7) is -0.175. The summed E-state index contributed by atoms with van der Waals surface area (Å²) in [5.41, 5.74) is 0. The second-order valence-corrected chi connectivity index (χ2v) is 10.1.